The van der Waals surface area contributed by atoms with Crippen LogP contribution in [0.25, 0.3) is 0 Å². The Labute approximate surface area is 103 Å². The molecule has 17 heavy (non-hydrogen) atoms. The minimum absolute atomic E-state index is 0.203. The Kier molecular flexibility index (Phi) is 2.78. The Bertz CT molecular complexity index is 441. The van der Waals surface area contributed by atoms with Crippen molar-refractivity contribution in [3.8, 4) is 0 Å². The molecule has 1 aromatic carbocycles. The average molecular weight is 228 g/mol. The van der Waals surface area contributed by atoms with Crippen molar-refractivity contribution in [3.63, 3.8) is 0 Å². The van der Waals surface area contributed by atoms with E-state index in [2.05, 4.69) is 25.1 Å². The van der Waals surface area contributed by atoms with Crippen molar-refractivity contribution < 1.29 is 4.79 Å². The number of carbonyl (C=O) groups excluding carboxylic acids is 1. The van der Waals surface area contributed by atoms with Crippen LogP contribution in [0.5, 0.6) is 0 Å². The van der Waals surface area contributed by atoms with Crippen molar-refractivity contribution in [1.82, 2.24) is 0 Å². The second kappa shape index (κ2) is 4.29. The normalized spacial score (nSPS) is 25.0. The lowest BCUT2D eigenvalue weighted by Gasteiger charge is -2.23. The van der Waals surface area contributed by atoms with E-state index in [9.17, 15) is 4.79 Å². The van der Waals surface area contributed by atoms with Crippen molar-refractivity contribution in [1.29, 1.82) is 0 Å². The summed E-state index contributed by atoms with van der Waals surface area (Å²) in [7, 11) is 0. The van der Waals surface area contributed by atoms with Crippen molar-refractivity contribution in [2.45, 2.75) is 51.4 Å². The minimum atomic E-state index is 0.203. The Hall–Kier alpha value is -1.11. The Balaban J connectivity index is 2.01. The number of carbonyl (C=O) groups is 1. The minimum Gasteiger partial charge on any atom is -0.294 e. The summed E-state index contributed by atoms with van der Waals surface area (Å²) in [5.74, 6) is 1.24. The highest BCUT2D eigenvalue weighted by Gasteiger charge is 2.31. The number of hydrogen-bond acceptors (Lipinski definition) is 1. The maximum Gasteiger partial charge on any atom is 0.166 e. The van der Waals surface area contributed by atoms with Gasteiger partial charge in [0.05, 0.1) is 0 Å². The molecule has 1 fully saturated rings. The predicted octanol–water partition coefficient (Wildman–Crippen LogP) is 4.11. The van der Waals surface area contributed by atoms with Crippen molar-refractivity contribution in [3.05, 3.63) is 34.9 Å². The van der Waals surface area contributed by atoms with Gasteiger partial charge in [0.2, 0.25) is 0 Å². The number of ketones is 1. The summed E-state index contributed by atoms with van der Waals surface area (Å²) in [6.07, 6.45) is 7.54. The monoisotopic (exact) mass is 228 g/mol. The SMILES string of the molecule is CC1Cc2cccc(C3CCCCC3)c2C1=O. The first kappa shape index (κ1) is 11.0. The fraction of sp³-hybridized carbons (Fsp3) is 0.562. The standard InChI is InChI=1S/C16H20O/c1-11-10-13-8-5-9-14(15(13)16(11)17)12-6-3-2-4-7-12/h5,8-9,11-12H,2-4,6-7,10H2,1H3. The molecule has 1 saturated carbocycles. The van der Waals surface area contributed by atoms with Gasteiger partial charge in [-0.15, -0.1) is 0 Å². The van der Waals surface area contributed by atoms with Gasteiger partial charge < -0.3 is 0 Å². The third-order valence-corrected chi connectivity index (χ3v) is 4.45. The number of fused-ring (bicyclic) bond motifs is 1. The van der Waals surface area contributed by atoms with Gasteiger partial charge in [0, 0.05) is 11.5 Å². The first-order chi connectivity index (χ1) is 8.27. The quantitative estimate of drug-likeness (QED) is 0.707. The fourth-order valence-corrected chi connectivity index (χ4v) is 3.51. The van der Waals surface area contributed by atoms with E-state index in [0.29, 0.717) is 11.7 Å². The Morgan fingerprint density at radius 1 is 1.12 bits per heavy atom. The maximum atomic E-state index is 12.3. The van der Waals surface area contributed by atoms with Crippen LogP contribution in [-0.2, 0) is 6.42 Å². The van der Waals surface area contributed by atoms with Crippen LogP contribution in [-0.4, -0.2) is 5.78 Å². The molecule has 90 valence electrons. The zero-order valence-electron chi connectivity index (χ0n) is 10.5. The van der Waals surface area contributed by atoms with Crippen LogP contribution in [0.2, 0.25) is 0 Å². The van der Waals surface area contributed by atoms with E-state index < -0.39 is 0 Å². The lowest BCUT2D eigenvalue weighted by molar-refractivity contribution is 0.0945. The van der Waals surface area contributed by atoms with Crippen LogP contribution in [0.3, 0.4) is 0 Å². The number of Topliss-reactive ketones (excluding diaryl/α,β-unsaturated/α-hetero) is 1. The molecular weight excluding hydrogens is 208 g/mol. The van der Waals surface area contributed by atoms with Crippen LogP contribution in [0.15, 0.2) is 18.2 Å². The summed E-state index contributed by atoms with van der Waals surface area (Å²) < 4.78 is 0. The van der Waals surface area contributed by atoms with Crippen molar-refractivity contribution >= 4 is 5.78 Å². The third-order valence-electron chi connectivity index (χ3n) is 4.45. The molecule has 1 aromatic rings. The fourth-order valence-electron chi connectivity index (χ4n) is 3.51. The molecule has 0 N–H and O–H groups in total. The van der Waals surface area contributed by atoms with Gasteiger partial charge >= 0.3 is 0 Å². The molecule has 0 saturated heterocycles. The van der Waals surface area contributed by atoms with Gasteiger partial charge in [-0.3, -0.25) is 4.79 Å². The summed E-state index contributed by atoms with van der Waals surface area (Å²) >= 11 is 0. The van der Waals surface area contributed by atoms with Crippen LogP contribution in [0.1, 0.15) is 66.4 Å². The van der Waals surface area contributed by atoms with Crippen molar-refractivity contribution in [2.24, 2.45) is 5.92 Å². The van der Waals surface area contributed by atoms with E-state index in [1.165, 1.54) is 43.2 Å². The Morgan fingerprint density at radius 2 is 1.88 bits per heavy atom. The van der Waals surface area contributed by atoms with Crippen LogP contribution in [0, 0.1) is 5.92 Å². The molecule has 0 aliphatic heterocycles. The second-order valence-corrected chi connectivity index (χ2v) is 5.69. The first-order valence-electron chi connectivity index (χ1n) is 6.93. The molecule has 1 atom stereocenters. The lowest BCUT2D eigenvalue weighted by Crippen LogP contribution is -2.11. The van der Waals surface area contributed by atoms with Gasteiger partial charge in [-0.2, -0.15) is 0 Å². The Morgan fingerprint density at radius 3 is 2.65 bits per heavy atom. The number of rotatable bonds is 1. The molecule has 0 spiro atoms. The number of hydrogen-bond donors (Lipinski definition) is 0. The topological polar surface area (TPSA) is 17.1 Å². The summed E-state index contributed by atoms with van der Waals surface area (Å²) in [4.78, 5) is 12.3. The highest BCUT2D eigenvalue weighted by Crippen LogP contribution is 2.38. The van der Waals surface area contributed by atoms with Gasteiger partial charge in [0.25, 0.3) is 0 Å². The first-order valence-corrected chi connectivity index (χ1v) is 6.93. The summed E-state index contributed by atoms with van der Waals surface area (Å²) in [5, 5.41) is 0. The molecule has 3 rings (SSSR count). The highest BCUT2D eigenvalue weighted by atomic mass is 16.1. The average Bonchev–Trinajstić information content (AvgIpc) is 2.66. The molecule has 0 amide bonds. The largest absolute Gasteiger partial charge is 0.294 e. The molecule has 1 heteroatoms. The van der Waals surface area contributed by atoms with Gasteiger partial charge in [0.1, 0.15) is 0 Å². The van der Waals surface area contributed by atoms with E-state index in [0.717, 1.165) is 12.0 Å². The highest BCUT2D eigenvalue weighted by molar-refractivity contribution is 6.03. The van der Waals surface area contributed by atoms with Gasteiger partial charge in [-0.25, -0.2) is 0 Å². The van der Waals surface area contributed by atoms with Gasteiger partial charge in [-0.05, 0) is 36.3 Å². The molecule has 1 nitrogen and oxygen atoms in total. The van der Waals surface area contributed by atoms with E-state index in [-0.39, 0.29) is 5.92 Å². The molecular formula is C16H20O. The molecule has 0 aromatic heterocycles. The van der Waals surface area contributed by atoms with Crippen molar-refractivity contribution in [2.75, 3.05) is 0 Å². The zero-order chi connectivity index (χ0) is 11.8. The molecule has 1 unspecified atom stereocenters. The molecule has 2 aliphatic rings. The van der Waals surface area contributed by atoms with Crippen LogP contribution >= 0.6 is 0 Å². The van der Waals surface area contributed by atoms with Gasteiger partial charge in [-0.1, -0.05) is 44.4 Å². The molecule has 0 heterocycles. The second-order valence-electron chi connectivity index (χ2n) is 5.69. The van der Waals surface area contributed by atoms with E-state index in [1.807, 2.05) is 0 Å². The number of benzene rings is 1. The predicted molar refractivity (Wildman–Crippen MR) is 69.5 cm³/mol. The lowest BCUT2D eigenvalue weighted by atomic mass is 9.81. The molecule has 0 radical (unpaired) electrons. The smallest absolute Gasteiger partial charge is 0.166 e. The molecule has 0 bridgehead atoms. The third kappa shape index (κ3) is 1.82. The van der Waals surface area contributed by atoms with Crippen LogP contribution in [0.4, 0.5) is 0 Å². The summed E-state index contributed by atoms with van der Waals surface area (Å²) in [5.41, 5.74) is 3.74. The zero-order valence-corrected chi connectivity index (χ0v) is 10.5. The maximum absolute atomic E-state index is 12.3. The van der Waals surface area contributed by atoms with Crippen LogP contribution < -0.4 is 0 Å². The van der Waals surface area contributed by atoms with Gasteiger partial charge in [0.15, 0.2) is 5.78 Å². The summed E-state index contributed by atoms with van der Waals surface area (Å²) in [6.45, 7) is 2.06. The molecule has 2 aliphatic carbocycles. The van der Waals surface area contributed by atoms with E-state index in [4.69, 9.17) is 0 Å². The summed E-state index contributed by atoms with van der Waals surface area (Å²) in [6, 6.07) is 6.49. The van der Waals surface area contributed by atoms with E-state index >= 15 is 0 Å². The van der Waals surface area contributed by atoms with E-state index in [1.54, 1.807) is 0 Å².